The maximum absolute atomic E-state index is 13.1. The topological polar surface area (TPSA) is 56.2 Å². The Labute approximate surface area is 195 Å². The normalized spacial score (nSPS) is 10.8. The number of carbonyl (C=O) groups is 1. The number of thiophene rings is 1. The standard InChI is InChI=1S/C22H16BrClFN3O2S/c23-19-11-28(10-14-4-6-17(25)7-5-14)27-21(19)26-22(29)20-8-15(13-31-20)12-30-18-3-1-2-16(24)9-18/h1-9,11,13H,10,12H2,(H,26,27,29). The Morgan fingerprint density at radius 3 is 2.77 bits per heavy atom. The number of amides is 1. The van der Waals surface area contributed by atoms with Gasteiger partial charge in [0.15, 0.2) is 5.82 Å². The Hall–Kier alpha value is -2.68. The summed E-state index contributed by atoms with van der Waals surface area (Å²) >= 11 is 10.7. The van der Waals surface area contributed by atoms with Gasteiger partial charge in [-0.25, -0.2) is 4.39 Å². The van der Waals surface area contributed by atoms with Crippen LogP contribution in [0.5, 0.6) is 5.75 Å². The van der Waals surface area contributed by atoms with Crippen molar-refractivity contribution in [3.8, 4) is 5.75 Å². The number of hydrogen-bond acceptors (Lipinski definition) is 4. The van der Waals surface area contributed by atoms with Gasteiger partial charge < -0.3 is 10.1 Å². The van der Waals surface area contributed by atoms with Crippen molar-refractivity contribution in [2.24, 2.45) is 0 Å². The lowest BCUT2D eigenvalue weighted by molar-refractivity contribution is 0.103. The molecule has 4 aromatic rings. The highest BCUT2D eigenvalue weighted by Gasteiger charge is 2.14. The van der Waals surface area contributed by atoms with Gasteiger partial charge in [0.1, 0.15) is 18.2 Å². The summed E-state index contributed by atoms with van der Waals surface area (Å²) in [6.45, 7) is 0.791. The van der Waals surface area contributed by atoms with E-state index in [4.69, 9.17) is 16.3 Å². The van der Waals surface area contributed by atoms with E-state index in [9.17, 15) is 9.18 Å². The van der Waals surface area contributed by atoms with Gasteiger partial charge in [-0.1, -0.05) is 29.8 Å². The number of benzene rings is 2. The maximum atomic E-state index is 13.1. The second-order valence-corrected chi connectivity index (χ2v) is 8.87. The fourth-order valence-electron chi connectivity index (χ4n) is 2.80. The molecule has 0 unspecified atom stereocenters. The molecule has 0 aliphatic carbocycles. The molecule has 158 valence electrons. The fraction of sp³-hybridized carbons (Fsp3) is 0.0909. The van der Waals surface area contributed by atoms with Crippen LogP contribution in [0.2, 0.25) is 5.02 Å². The summed E-state index contributed by atoms with van der Waals surface area (Å²) in [6, 6.07) is 15.1. The van der Waals surface area contributed by atoms with E-state index in [1.54, 1.807) is 41.2 Å². The number of ether oxygens (including phenoxy) is 1. The molecule has 9 heteroatoms. The van der Waals surface area contributed by atoms with Crippen LogP contribution >= 0.6 is 38.9 Å². The summed E-state index contributed by atoms with van der Waals surface area (Å²) < 4.78 is 21.1. The van der Waals surface area contributed by atoms with E-state index in [1.165, 1.54) is 23.5 Å². The monoisotopic (exact) mass is 519 g/mol. The van der Waals surface area contributed by atoms with Crippen LogP contribution in [0.3, 0.4) is 0 Å². The third-order valence-electron chi connectivity index (χ3n) is 4.29. The number of rotatable bonds is 7. The molecule has 0 radical (unpaired) electrons. The molecular formula is C22H16BrClFN3O2S. The van der Waals surface area contributed by atoms with Crippen molar-refractivity contribution >= 4 is 50.6 Å². The van der Waals surface area contributed by atoms with Crippen molar-refractivity contribution in [1.82, 2.24) is 9.78 Å². The van der Waals surface area contributed by atoms with Crippen LogP contribution in [0.25, 0.3) is 0 Å². The molecule has 2 aromatic heterocycles. The Bertz CT molecular complexity index is 1210. The van der Waals surface area contributed by atoms with Crippen LogP contribution in [0.1, 0.15) is 20.8 Å². The van der Waals surface area contributed by atoms with Crippen LogP contribution in [-0.4, -0.2) is 15.7 Å². The molecule has 1 amide bonds. The SMILES string of the molecule is O=C(Nc1nn(Cc2ccc(F)cc2)cc1Br)c1cc(COc2cccc(Cl)c2)cs1. The number of carbonyl (C=O) groups excluding carboxylic acids is 1. The second-order valence-electron chi connectivity index (χ2n) is 6.67. The van der Waals surface area contributed by atoms with E-state index in [-0.39, 0.29) is 11.7 Å². The first-order valence-corrected chi connectivity index (χ1v) is 11.3. The lowest BCUT2D eigenvalue weighted by atomic mass is 10.2. The van der Waals surface area contributed by atoms with Crippen molar-refractivity contribution in [3.05, 3.63) is 97.5 Å². The molecule has 0 atom stereocenters. The average Bonchev–Trinajstić information content (AvgIpc) is 3.35. The molecule has 0 aliphatic heterocycles. The Kier molecular flexibility index (Phi) is 6.70. The molecule has 2 aromatic carbocycles. The molecule has 0 aliphatic rings. The molecule has 1 N–H and O–H groups in total. The molecule has 4 rings (SSSR count). The van der Waals surface area contributed by atoms with E-state index >= 15 is 0 Å². The van der Waals surface area contributed by atoms with Crippen LogP contribution in [0, 0.1) is 5.82 Å². The Morgan fingerprint density at radius 1 is 1.19 bits per heavy atom. The summed E-state index contributed by atoms with van der Waals surface area (Å²) in [5, 5.41) is 9.69. The number of aromatic nitrogens is 2. The van der Waals surface area contributed by atoms with Crippen molar-refractivity contribution in [2.45, 2.75) is 13.2 Å². The first-order valence-electron chi connectivity index (χ1n) is 9.21. The zero-order valence-corrected chi connectivity index (χ0v) is 19.2. The second kappa shape index (κ2) is 9.64. The van der Waals surface area contributed by atoms with E-state index in [1.807, 2.05) is 17.5 Å². The Balaban J connectivity index is 1.37. The molecular weight excluding hydrogens is 505 g/mol. The molecule has 2 heterocycles. The quantitative estimate of drug-likeness (QED) is 0.308. The fourth-order valence-corrected chi connectivity index (χ4v) is 4.19. The smallest absolute Gasteiger partial charge is 0.266 e. The van der Waals surface area contributed by atoms with Gasteiger partial charge in [-0.15, -0.1) is 11.3 Å². The lowest BCUT2D eigenvalue weighted by Gasteiger charge is -2.04. The zero-order valence-electron chi connectivity index (χ0n) is 16.0. The van der Waals surface area contributed by atoms with E-state index < -0.39 is 0 Å². The molecule has 0 fully saturated rings. The number of hydrogen-bond donors (Lipinski definition) is 1. The van der Waals surface area contributed by atoms with E-state index in [0.29, 0.717) is 39.1 Å². The zero-order chi connectivity index (χ0) is 21.8. The van der Waals surface area contributed by atoms with Gasteiger partial charge in [0.25, 0.3) is 5.91 Å². The number of nitrogens with zero attached hydrogens (tertiary/aromatic N) is 2. The summed E-state index contributed by atoms with van der Waals surface area (Å²) in [7, 11) is 0. The number of nitrogens with one attached hydrogen (secondary N) is 1. The van der Waals surface area contributed by atoms with Crippen molar-refractivity contribution in [3.63, 3.8) is 0 Å². The first kappa shape index (κ1) is 21.5. The Morgan fingerprint density at radius 2 is 2.00 bits per heavy atom. The van der Waals surface area contributed by atoms with Crippen LogP contribution < -0.4 is 10.1 Å². The van der Waals surface area contributed by atoms with Crippen molar-refractivity contribution < 1.29 is 13.9 Å². The van der Waals surface area contributed by atoms with E-state index in [2.05, 4.69) is 26.3 Å². The van der Waals surface area contributed by atoms with Crippen LogP contribution in [-0.2, 0) is 13.2 Å². The van der Waals surface area contributed by atoms with Crippen LogP contribution in [0.4, 0.5) is 10.2 Å². The van der Waals surface area contributed by atoms with Crippen molar-refractivity contribution in [1.29, 1.82) is 0 Å². The first-order chi connectivity index (χ1) is 15.0. The van der Waals surface area contributed by atoms with E-state index in [0.717, 1.165) is 11.1 Å². The van der Waals surface area contributed by atoms with Crippen molar-refractivity contribution in [2.75, 3.05) is 5.32 Å². The van der Waals surface area contributed by atoms with Gasteiger partial charge >= 0.3 is 0 Å². The van der Waals surface area contributed by atoms with Gasteiger partial charge in [0.2, 0.25) is 0 Å². The summed E-state index contributed by atoms with van der Waals surface area (Å²) in [5.41, 5.74) is 1.79. The molecule has 0 saturated heterocycles. The van der Waals surface area contributed by atoms with Gasteiger partial charge in [-0.3, -0.25) is 9.48 Å². The highest BCUT2D eigenvalue weighted by atomic mass is 79.9. The van der Waals surface area contributed by atoms with Gasteiger partial charge in [0, 0.05) is 16.8 Å². The maximum Gasteiger partial charge on any atom is 0.266 e. The van der Waals surface area contributed by atoms with Gasteiger partial charge in [-0.2, -0.15) is 5.10 Å². The molecule has 5 nitrogen and oxygen atoms in total. The van der Waals surface area contributed by atoms with Gasteiger partial charge in [0.05, 0.1) is 15.9 Å². The highest BCUT2D eigenvalue weighted by molar-refractivity contribution is 9.10. The van der Waals surface area contributed by atoms with Crippen LogP contribution in [0.15, 0.2) is 70.6 Å². The average molecular weight is 521 g/mol. The minimum atomic E-state index is -0.286. The molecule has 31 heavy (non-hydrogen) atoms. The van der Waals surface area contributed by atoms with Gasteiger partial charge in [-0.05, 0) is 63.3 Å². The number of anilines is 1. The lowest BCUT2D eigenvalue weighted by Crippen LogP contribution is -2.11. The minimum absolute atomic E-state index is 0.258. The molecule has 0 spiro atoms. The number of halogens is 3. The third kappa shape index (κ3) is 5.72. The summed E-state index contributed by atoms with van der Waals surface area (Å²) in [6.07, 6.45) is 1.76. The minimum Gasteiger partial charge on any atom is -0.489 e. The summed E-state index contributed by atoms with van der Waals surface area (Å²) in [4.78, 5) is 13.2. The highest BCUT2D eigenvalue weighted by Crippen LogP contribution is 2.24. The third-order valence-corrected chi connectivity index (χ3v) is 6.08. The predicted molar refractivity (Wildman–Crippen MR) is 123 cm³/mol. The largest absolute Gasteiger partial charge is 0.489 e. The molecule has 0 saturated carbocycles. The molecule has 0 bridgehead atoms. The summed E-state index contributed by atoms with van der Waals surface area (Å²) in [5.74, 6) is 0.538. The predicted octanol–water partition coefficient (Wildman–Crippen LogP) is 6.38.